The second kappa shape index (κ2) is 9.65. The van der Waals surface area contributed by atoms with Crippen molar-refractivity contribution in [3.05, 3.63) is 54.0 Å². The Kier molecular flexibility index (Phi) is 6.32. The number of carbonyl (C=O) groups is 1. The van der Waals surface area contributed by atoms with Gasteiger partial charge in [0, 0.05) is 48.1 Å². The Balaban J connectivity index is 1.19. The van der Waals surface area contributed by atoms with Gasteiger partial charge in [-0.2, -0.15) is 0 Å². The van der Waals surface area contributed by atoms with Crippen molar-refractivity contribution in [3.63, 3.8) is 0 Å². The Labute approximate surface area is 216 Å². The number of nitrogens with one attached hydrogen (secondary N) is 1. The van der Waals surface area contributed by atoms with Crippen LogP contribution in [0.4, 0.5) is 4.39 Å². The van der Waals surface area contributed by atoms with Gasteiger partial charge in [-0.1, -0.05) is 6.92 Å². The number of carbonyl (C=O) groups excluding carboxylic acids is 1. The van der Waals surface area contributed by atoms with E-state index in [9.17, 15) is 9.18 Å². The van der Waals surface area contributed by atoms with Crippen molar-refractivity contribution in [1.29, 1.82) is 0 Å². The number of fused-ring (bicyclic) bond motifs is 2. The highest BCUT2D eigenvalue weighted by Gasteiger charge is 2.44. The fourth-order valence-corrected chi connectivity index (χ4v) is 6.25. The van der Waals surface area contributed by atoms with E-state index in [0.717, 1.165) is 57.0 Å². The van der Waals surface area contributed by atoms with Crippen molar-refractivity contribution >= 4 is 16.8 Å². The molecule has 3 aliphatic rings. The predicted octanol–water partition coefficient (Wildman–Crippen LogP) is 4.31. The van der Waals surface area contributed by atoms with E-state index in [1.165, 1.54) is 12.1 Å². The van der Waals surface area contributed by atoms with Crippen LogP contribution in [0.1, 0.15) is 37.2 Å². The van der Waals surface area contributed by atoms with Crippen LogP contribution in [0.15, 0.2) is 42.5 Å². The first-order valence-corrected chi connectivity index (χ1v) is 13.2. The second-order valence-electron chi connectivity index (χ2n) is 11.2. The molecule has 3 heterocycles. The van der Waals surface area contributed by atoms with E-state index in [2.05, 4.69) is 27.1 Å². The van der Waals surface area contributed by atoms with Crippen LogP contribution < -0.4 is 10.1 Å². The lowest BCUT2D eigenvalue weighted by atomic mass is 9.88. The maximum Gasteiger partial charge on any atom is 0.270 e. The van der Waals surface area contributed by atoms with Crippen molar-refractivity contribution in [2.24, 2.45) is 17.3 Å². The molecule has 8 heteroatoms. The zero-order valence-electron chi connectivity index (χ0n) is 21.4. The molecule has 7 nitrogen and oxygen atoms in total. The van der Waals surface area contributed by atoms with Gasteiger partial charge in [0.1, 0.15) is 17.3 Å². The summed E-state index contributed by atoms with van der Waals surface area (Å²) in [6, 6.07) is 11.8. The third-order valence-corrected chi connectivity index (χ3v) is 7.97. The Morgan fingerprint density at radius 3 is 2.51 bits per heavy atom. The third kappa shape index (κ3) is 4.92. The molecule has 6 rings (SSSR count). The predicted molar refractivity (Wildman–Crippen MR) is 139 cm³/mol. The largest absolute Gasteiger partial charge is 0.494 e. The molecule has 0 bridgehead atoms. The number of benzene rings is 2. The summed E-state index contributed by atoms with van der Waals surface area (Å²) in [6.07, 6.45) is 1.95. The molecule has 1 unspecified atom stereocenters. The van der Waals surface area contributed by atoms with Crippen LogP contribution in [0.3, 0.4) is 0 Å². The van der Waals surface area contributed by atoms with Gasteiger partial charge < -0.3 is 19.7 Å². The molecule has 0 spiro atoms. The van der Waals surface area contributed by atoms with Crippen molar-refractivity contribution < 1.29 is 18.7 Å². The molecule has 1 aliphatic carbocycles. The summed E-state index contributed by atoms with van der Waals surface area (Å²) >= 11 is 0. The lowest BCUT2D eigenvalue weighted by molar-refractivity contribution is -0.113. The average molecular weight is 505 g/mol. The topological polar surface area (TPSA) is 76.6 Å². The van der Waals surface area contributed by atoms with Crippen LogP contribution in [0.25, 0.3) is 22.3 Å². The molecule has 3 atom stereocenters. The fraction of sp³-hybridized carbons (Fsp3) is 0.483. The molecule has 194 valence electrons. The van der Waals surface area contributed by atoms with Gasteiger partial charge in [0.25, 0.3) is 5.91 Å². The van der Waals surface area contributed by atoms with E-state index in [1.807, 2.05) is 31.2 Å². The SMILES string of the molecule is CCOc1ccc(-c2nc(C(=O)NC3C[C@@H]4CN(CC5(C)COC5)C[C@@H]4C3)c3ccc(F)cc3n2)cc1. The maximum absolute atomic E-state index is 14.1. The molecule has 1 N–H and O–H groups in total. The summed E-state index contributed by atoms with van der Waals surface area (Å²) in [5, 5.41) is 3.79. The van der Waals surface area contributed by atoms with E-state index < -0.39 is 5.82 Å². The number of nitrogens with zero attached hydrogens (tertiary/aromatic N) is 3. The van der Waals surface area contributed by atoms with Crippen LogP contribution in [0.2, 0.25) is 0 Å². The number of halogens is 1. The zero-order chi connectivity index (χ0) is 25.6. The van der Waals surface area contributed by atoms with Crippen molar-refractivity contribution in [1.82, 2.24) is 20.2 Å². The van der Waals surface area contributed by atoms with Gasteiger partial charge in [-0.25, -0.2) is 14.4 Å². The Bertz CT molecular complexity index is 1300. The van der Waals surface area contributed by atoms with E-state index in [-0.39, 0.29) is 17.6 Å². The Hall–Kier alpha value is -3.10. The number of likely N-dealkylation sites (tertiary alicyclic amines) is 1. The van der Waals surface area contributed by atoms with Gasteiger partial charge in [0.2, 0.25) is 0 Å². The van der Waals surface area contributed by atoms with Crippen LogP contribution in [0.5, 0.6) is 5.75 Å². The standard InChI is InChI=1S/C29H33FN4O3/c1-3-37-23-7-4-18(5-8-23)27-32-25-12-21(30)6-9-24(25)26(33-27)28(35)31-22-10-19-13-34(14-20(19)11-22)15-29(2)16-36-17-29/h4-9,12,19-20,22H,3,10-11,13-17H2,1-2H3,(H,31,35)/t19-,20+,22?. The number of hydrogen-bond acceptors (Lipinski definition) is 6. The van der Waals surface area contributed by atoms with Crippen LogP contribution in [-0.2, 0) is 4.74 Å². The van der Waals surface area contributed by atoms with Crippen molar-refractivity contribution in [3.8, 4) is 17.1 Å². The summed E-state index contributed by atoms with van der Waals surface area (Å²) in [5.41, 5.74) is 1.73. The smallest absolute Gasteiger partial charge is 0.270 e. The van der Waals surface area contributed by atoms with E-state index >= 15 is 0 Å². The molecule has 1 aromatic heterocycles. The molecule has 2 aliphatic heterocycles. The number of ether oxygens (including phenoxy) is 2. The van der Waals surface area contributed by atoms with E-state index in [0.29, 0.717) is 40.6 Å². The minimum Gasteiger partial charge on any atom is -0.494 e. The van der Waals surface area contributed by atoms with Gasteiger partial charge in [-0.3, -0.25) is 4.79 Å². The molecule has 1 saturated carbocycles. The van der Waals surface area contributed by atoms with Gasteiger partial charge in [-0.05, 0) is 68.0 Å². The lowest BCUT2D eigenvalue weighted by Crippen LogP contribution is -2.48. The molecule has 2 aromatic carbocycles. The average Bonchev–Trinajstić information content (AvgIpc) is 3.40. The number of amides is 1. The first-order valence-electron chi connectivity index (χ1n) is 13.2. The monoisotopic (exact) mass is 504 g/mol. The summed E-state index contributed by atoms with van der Waals surface area (Å²) in [7, 11) is 0. The summed E-state index contributed by atoms with van der Waals surface area (Å²) < 4.78 is 25.0. The first kappa shape index (κ1) is 24.2. The lowest BCUT2D eigenvalue weighted by Gasteiger charge is -2.41. The van der Waals surface area contributed by atoms with Crippen molar-refractivity contribution in [2.45, 2.75) is 32.7 Å². The summed E-state index contributed by atoms with van der Waals surface area (Å²) in [4.78, 5) is 25.3. The highest BCUT2D eigenvalue weighted by molar-refractivity contribution is 6.05. The minimum absolute atomic E-state index is 0.117. The van der Waals surface area contributed by atoms with Crippen LogP contribution in [0, 0.1) is 23.1 Å². The highest BCUT2D eigenvalue weighted by atomic mass is 19.1. The quantitative estimate of drug-likeness (QED) is 0.517. The molecule has 0 radical (unpaired) electrons. The van der Waals surface area contributed by atoms with E-state index in [4.69, 9.17) is 9.47 Å². The second-order valence-corrected chi connectivity index (χ2v) is 11.2. The Morgan fingerprint density at radius 2 is 1.86 bits per heavy atom. The number of hydrogen-bond donors (Lipinski definition) is 1. The molecule has 1 amide bonds. The van der Waals surface area contributed by atoms with Gasteiger partial charge in [0.05, 0.1) is 25.3 Å². The third-order valence-electron chi connectivity index (χ3n) is 7.97. The maximum atomic E-state index is 14.1. The Morgan fingerprint density at radius 1 is 1.14 bits per heavy atom. The van der Waals surface area contributed by atoms with Crippen LogP contribution in [-0.4, -0.2) is 66.3 Å². The molecule has 3 fully saturated rings. The molecule has 3 aromatic rings. The number of rotatable bonds is 7. The van der Waals surface area contributed by atoms with E-state index in [1.54, 1.807) is 6.07 Å². The molecule has 37 heavy (non-hydrogen) atoms. The zero-order valence-corrected chi connectivity index (χ0v) is 21.4. The van der Waals surface area contributed by atoms with Crippen LogP contribution >= 0.6 is 0 Å². The summed E-state index contributed by atoms with van der Waals surface area (Å²) in [5.74, 6) is 1.71. The van der Waals surface area contributed by atoms with Gasteiger partial charge in [-0.15, -0.1) is 0 Å². The van der Waals surface area contributed by atoms with Gasteiger partial charge >= 0.3 is 0 Å². The van der Waals surface area contributed by atoms with Crippen molar-refractivity contribution in [2.75, 3.05) is 39.5 Å². The minimum atomic E-state index is -0.398. The summed E-state index contributed by atoms with van der Waals surface area (Å²) in [6.45, 7) is 9.78. The molecular formula is C29H33FN4O3. The molecular weight excluding hydrogens is 471 g/mol. The highest BCUT2D eigenvalue weighted by Crippen LogP contribution is 2.40. The fourth-order valence-electron chi connectivity index (χ4n) is 6.25. The van der Waals surface area contributed by atoms with Gasteiger partial charge in [0.15, 0.2) is 5.82 Å². The molecule has 2 saturated heterocycles. The number of aromatic nitrogens is 2. The first-order chi connectivity index (χ1) is 17.9. The normalized spacial score (nSPS) is 24.6.